The van der Waals surface area contributed by atoms with Gasteiger partial charge >= 0.3 is 6.18 Å². The van der Waals surface area contributed by atoms with Gasteiger partial charge in [-0.2, -0.15) is 13.2 Å². The van der Waals surface area contributed by atoms with Crippen LogP contribution in [-0.2, 0) is 10.9 Å². The predicted molar refractivity (Wildman–Crippen MR) is 113 cm³/mol. The second-order valence-corrected chi connectivity index (χ2v) is 8.67. The van der Waals surface area contributed by atoms with Crippen LogP contribution in [0.15, 0.2) is 30.5 Å². The first-order chi connectivity index (χ1) is 14.4. The second kappa shape index (κ2) is 9.10. The normalized spacial score (nSPS) is 23.8. The lowest BCUT2D eigenvalue weighted by atomic mass is 9.96. The summed E-state index contributed by atoms with van der Waals surface area (Å²) in [5.74, 6) is 0.410. The Balaban J connectivity index is 1.48. The summed E-state index contributed by atoms with van der Waals surface area (Å²) < 4.78 is 46.5. The highest BCUT2D eigenvalue weighted by Gasteiger charge is 2.34. The molecule has 7 heteroatoms. The maximum Gasteiger partial charge on any atom is 0.418 e. The smallest absolute Gasteiger partial charge is 0.375 e. The number of rotatable bonds is 5. The van der Waals surface area contributed by atoms with Crippen molar-refractivity contribution in [1.82, 2.24) is 9.88 Å². The van der Waals surface area contributed by atoms with Gasteiger partial charge in [0, 0.05) is 36.9 Å². The fraction of sp³-hybridized carbons (Fsp3) is 0.609. The Bertz CT molecular complexity index is 851. The van der Waals surface area contributed by atoms with Gasteiger partial charge in [0.05, 0.1) is 23.8 Å². The highest BCUT2D eigenvalue weighted by molar-refractivity contribution is 5.94. The first-order valence-electron chi connectivity index (χ1n) is 11.0. The third-order valence-corrected chi connectivity index (χ3v) is 6.22. The van der Waals surface area contributed by atoms with Gasteiger partial charge in [0.25, 0.3) is 0 Å². The minimum Gasteiger partial charge on any atom is -0.375 e. The molecule has 2 saturated heterocycles. The minimum atomic E-state index is -4.42. The van der Waals surface area contributed by atoms with Crippen molar-refractivity contribution < 1.29 is 17.9 Å². The summed E-state index contributed by atoms with van der Waals surface area (Å²) >= 11 is 0. The molecular formula is C23H30F3N3O. The molecule has 1 aromatic carbocycles. The minimum absolute atomic E-state index is 0.0169. The van der Waals surface area contributed by atoms with Crippen LogP contribution >= 0.6 is 0 Å². The Labute approximate surface area is 176 Å². The van der Waals surface area contributed by atoms with Gasteiger partial charge < -0.3 is 14.5 Å². The Morgan fingerprint density at radius 2 is 1.90 bits per heavy atom. The van der Waals surface area contributed by atoms with E-state index in [2.05, 4.69) is 21.7 Å². The lowest BCUT2D eigenvalue weighted by molar-refractivity contribution is -0.136. The van der Waals surface area contributed by atoms with E-state index in [0.717, 1.165) is 44.4 Å². The van der Waals surface area contributed by atoms with E-state index in [9.17, 15) is 13.2 Å². The van der Waals surface area contributed by atoms with Crippen molar-refractivity contribution in [2.45, 2.75) is 44.9 Å². The topological polar surface area (TPSA) is 28.6 Å². The molecule has 2 aliphatic rings. The molecule has 1 aromatic heterocycles. The van der Waals surface area contributed by atoms with Crippen molar-refractivity contribution in [2.24, 2.45) is 5.92 Å². The standard InChI is InChI=1S/C23H30F3N3O/c1-17-14-18(30-13-12-28-10-3-2-4-11-28)16-29(15-17)21-8-7-20(23(24,25)26)22-19(21)6-5-9-27-22/h5-9,17-18H,2-4,10-16H2,1H3. The van der Waals surface area contributed by atoms with Gasteiger partial charge in [-0.05, 0) is 62.5 Å². The predicted octanol–water partition coefficient (Wildman–Crippen LogP) is 4.97. The monoisotopic (exact) mass is 421 g/mol. The lowest BCUT2D eigenvalue weighted by Crippen LogP contribution is -2.44. The van der Waals surface area contributed by atoms with Crippen molar-refractivity contribution in [3.8, 4) is 0 Å². The molecule has 2 aromatic rings. The third kappa shape index (κ3) is 4.89. The zero-order chi connectivity index (χ0) is 21.1. The Morgan fingerprint density at radius 1 is 1.10 bits per heavy atom. The molecule has 164 valence electrons. The number of likely N-dealkylation sites (tertiary alicyclic amines) is 1. The largest absolute Gasteiger partial charge is 0.418 e. The highest BCUT2D eigenvalue weighted by atomic mass is 19.4. The molecule has 0 radical (unpaired) electrons. The van der Waals surface area contributed by atoms with E-state index in [0.29, 0.717) is 24.5 Å². The molecule has 30 heavy (non-hydrogen) atoms. The van der Waals surface area contributed by atoms with Crippen LogP contribution in [0.1, 0.15) is 38.2 Å². The molecule has 4 rings (SSSR count). The summed E-state index contributed by atoms with van der Waals surface area (Å²) in [5, 5.41) is 0.550. The second-order valence-electron chi connectivity index (χ2n) is 8.67. The quantitative estimate of drug-likeness (QED) is 0.682. The van der Waals surface area contributed by atoms with Gasteiger partial charge in [-0.15, -0.1) is 0 Å². The summed E-state index contributed by atoms with van der Waals surface area (Å²) in [4.78, 5) is 8.69. The average molecular weight is 422 g/mol. The molecule has 3 heterocycles. The van der Waals surface area contributed by atoms with Crippen molar-refractivity contribution in [3.63, 3.8) is 0 Å². The number of aromatic nitrogens is 1. The van der Waals surface area contributed by atoms with Crippen molar-refractivity contribution in [3.05, 3.63) is 36.0 Å². The van der Waals surface area contributed by atoms with Crippen LogP contribution in [0.5, 0.6) is 0 Å². The SMILES string of the molecule is CC1CC(OCCN2CCCCC2)CN(c2ccc(C(F)(F)F)c3ncccc23)C1. The van der Waals surface area contributed by atoms with Gasteiger partial charge in [-0.1, -0.05) is 13.3 Å². The van der Waals surface area contributed by atoms with Gasteiger partial charge in [0.2, 0.25) is 0 Å². The third-order valence-electron chi connectivity index (χ3n) is 6.22. The summed E-state index contributed by atoms with van der Waals surface area (Å²) in [6.07, 6.45) is 1.93. The van der Waals surface area contributed by atoms with E-state index in [1.807, 2.05) is 0 Å². The first-order valence-corrected chi connectivity index (χ1v) is 11.0. The van der Waals surface area contributed by atoms with Crippen molar-refractivity contribution >= 4 is 16.6 Å². The van der Waals surface area contributed by atoms with E-state index >= 15 is 0 Å². The Kier molecular flexibility index (Phi) is 6.48. The average Bonchev–Trinajstić information content (AvgIpc) is 2.72. The van der Waals surface area contributed by atoms with Crippen molar-refractivity contribution in [2.75, 3.05) is 44.2 Å². The molecule has 2 unspecified atom stereocenters. The number of benzene rings is 1. The highest BCUT2D eigenvalue weighted by Crippen LogP contribution is 2.38. The molecule has 0 spiro atoms. The van der Waals surface area contributed by atoms with Gasteiger partial charge in [0.15, 0.2) is 0 Å². The molecule has 0 saturated carbocycles. The fourth-order valence-electron chi connectivity index (χ4n) is 4.81. The molecule has 4 nitrogen and oxygen atoms in total. The maximum absolute atomic E-state index is 13.4. The number of hydrogen-bond acceptors (Lipinski definition) is 4. The molecule has 2 aliphatic heterocycles. The molecular weight excluding hydrogens is 391 g/mol. The summed E-state index contributed by atoms with van der Waals surface area (Å²) in [7, 11) is 0. The lowest BCUT2D eigenvalue weighted by Gasteiger charge is -2.38. The number of halogens is 3. The van der Waals surface area contributed by atoms with Crippen LogP contribution in [0.2, 0.25) is 0 Å². The summed E-state index contributed by atoms with van der Waals surface area (Å²) in [5.41, 5.74) is 0.145. The number of anilines is 1. The number of ether oxygens (including phenoxy) is 1. The van der Waals surface area contributed by atoms with Crippen molar-refractivity contribution in [1.29, 1.82) is 0 Å². The number of nitrogens with zero attached hydrogens (tertiary/aromatic N) is 3. The molecule has 0 amide bonds. The molecule has 0 N–H and O–H groups in total. The van der Waals surface area contributed by atoms with E-state index in [-0.39, 0.29) is 11.6 Å². The van der Waals surface area contributed by atoms with E-state index in [4.69, 9.17) is 4.74 Å². The number of piperidine rings is 2. The number of hydrogen-bond donors (Lipinski definition) is 0. The molecule has 0 aliphatic carbocycles. The van der Waals surface area contributed by atoms with Crippen LogP contribution in [0.4, 0.5) is 18.9 Å². The summed E-state index contributed by atoms with van der Waals surface area (Å²) in [6.45, 7) is 7.65. The number of fused-ring (bicyclic) bond motifs is 1. The van der Waals surface area contributed by atoms with Gasteiger partial charge in [-0.25, -0.2) is 0 Å². The molecule has 2 fully saturated rings. The maximum atomic E-state index is 13.4. The number of pyridine rings is 1. The number of alkyl halides is 3. The summed E-state index contributed by atoms with van der Waals surface area (Å²) in [6, 6.07) is 6.19. The molecule has 0 bridgehead atoms. The van der Waals surface area contributed by atoms with Gasteiger partial charge in [0.1, 0.15) is 0 Å². The first kappa shape index (κ1) is 21.4. The molecule has 2 atom stereocenters. The van der Waals surface area contributed by atoms with E-state index in [1.54, 1.807) is 18.2 Å². The van der Waals surface area contributed by atoms with Crippen LogP contribution < -0.4 is 4.90 Å². The van der Waals surface area contributed by atoms with Crippen LogP contribution in [0.25, 0.3) is 10.9 Å². The Hall–Kier alpha value is -1.86. The zero-order valence-corrected chi connectivity index (χ0v) is 17.5. The van der Waals surface area contributed by atoms with E-state index in [1.165, 1.54) is 25.5 Å². The van der Waals surface area contributed by atoms with E-state index < -0.39 is 11.7 Å². The van der Waals surface area contributed by atoms with Crippen LogP contribution in [-0.4, -0.2) is 55.3 Å². The fourth-order valence-corrected chi connectivity index (χ4v) is 4.81. The zero-order valence-electron chi connectivity index (χ0n) is 17.5. The van der Waals surface area contributed by atoms with Crippen LogP contribution in [0, 0.1) is 5.92 Å². The Morgan fingerprint density at radius 3 is 2.67 bits per heavy atom. The van der Waals surface area contributed by atoms with Gasteiger partial charge in [-0.3, -0.25) is 4.98 Å². The van der Waals surface area contributed by atoms with Crippen LogP contribution in [0.3, 0.4) is 0 Å².